The molecule has 0 saturated carbocycles. The van der Waals surface area contributed by atoms with Crippen LogP contribution in [-0.4, -0.2) is 20.4 Å². The highest BCUT2D eigenvalue weighted by Gasteiger charge is 2.22. The number of thiophene rings is 1. The Hall–Kier alpha value is -2.98. The van der Waals surface area contributed by atoms with Gasteiger partial charge in [0.2, 0.25) is 0 Å². The maximum atomic E-state index is 13.1. The fourth-order valence-corrected chi connectivity index (χ4v) is 4.58. The van der Waals surface area contributed by atoms with Crippen molar-refractivity contribution >= 4 is 39.3 Å². The number of carbonyl (C=O) groups is 1. The van der Waals surface area contributed by atoms with Crippen molar-refractivity contribution in [2.45, 2.75) is 32.9 Å². The minimum Gasteiger partial charge on any atom is -0.449 e. The van der Waals surface area contributed by atoms with E-state index in [2.05, 4.69) is 0 Å². The van der Waals surface area contributed by atoms with E-state index in [9.17, 15) is 23.2 Å². The molecule has 0 atom stereocenters. The Kier molecular flexibility index (Phi) is 6.91. The number of aromatic nitrogens is 2. The van der Waals surface area contributed by atoms with Crippen LogP contribution in [-0.2, 0) is 19.5 Å². The number of halogens is 3. The van der Waals surface area contributed by atoms with E-state index in [1.54, 1.807) is 24.3 Å². The Morgan fingerprint density at radius 1 is 1.23 bits per heavy atom. The van der Waals surface area contributed by atoms with Crippen molar-refractivity contribution in [3.05, 3.63) is 73.4 Å². The lowest BCUT2D eigenvalue weighted by molar-refractivity contribution is 0.145. The molecule has 0 radical (unpaired) electrons. The Labute approximate surface area is 183 Å². The Morgan fingerprint density at radius 3 is 2.58 bits per heavy atom. The number of hydrogen-bond donors (Lipinski definition) is 1. The van der Waals surface area contributed by atoms with Crippen molar-refractivity contribution < 1.29 is 23.4 Å². The van der Waals surface area contributed by atoms with Gasteiger partial charge in [-0.15, -0.1) is 0 Å². The van der Waals surface area contributed by atoms with Crippen LogP contribution in [0.2, 0.25) is 5.02 Å². The number of nitrogens with zero attached hydrogens (tertiary/aromatic N) is 2. The first-order valence-corrected chi connectivity index (χ1v) is 10.3. The molecule has 1 N–H and O–H groups in total. The van der Waals surface area contributed by atoms with Crippen molar-refractivity contribution in [1.29, 1.82) is 0 Å². The van der Waals surface area contributed by atoms with Gasteiger partial charge in [-0.1, -0.05) is 41.1 Å². The topological polar surface area (TPSA) is 90.5 Å². The first-order valence-electron chi connectivity index (χ1n) is 9.12. The Bertz CT molecular complexity index is 1290. The third kappa shape index (κ3) is 4.86. The zero-order valence-corrected chi connectivity index (χ0v) is 17.8. The molecule has 0 aliphatic heterocycles. The standard InChI is InChI=1S/C20H17ClF2N2O5S/c1-11-15-16(26)24(10-8-12-5-2-3-6-13(12)21)19(27)25(9-4-7-14(22)23)17(15)31-18(11)30-20(28)29/h2-3,5-7H,4,8-10H2,1H3,(H,28,29). The van der Waals surface area contributed by atoms with E-state index >= 15 is 0 Å². The number of benzene rings is 1. The Balaban J connectivity index is 2.14. The van der Waals surface area contributed by atoms with Crippen molar-refractivity contribution in [2.24, 2.45) is 0 Å². The van der Waals surface area contributed by atoms with Crippen molar-refractivity contribution in [3.8, 4) is 5.06 Å². The summed E-state index contributed by atoms with van der Waals surface area (Å²) in [5, 5.41) is 9.49. The van der Waals surface area contributed by atoms with E-state index in [1.165, 1.54) is 11.5 Å². The second-order valence-corrected chi connectivity index (χ2v) is 7.95. The summed E-state index contributed by atoms with van der Waals surface area (Å²) >= 11 is 6.96. The van der Waals surface area contributed by atoms with E-state index < -0.39 is 23.5 Å². The van der Waals surface area contributed by atoms with Crippen LogP contribution >= 0.6 is 22.9 Å². The second-order valence-electron chi connectivity index (χ2n) is 6.58. The summed E-state index contributed by atoms with van der Waals surface area (Å²) in [7, 11) is 0. The molecule has 3 aromatic rings. The smallest absolute Gasteiger partial charge is 0.449 e. The van der Waals surface area contributed by atoms with Gasteiger partial charge in [0, 0.05) is 23.7 Å². The van der Waals surface area contributed by atoms with E-state index in [1.807, 2.05) is 0 Å². The van der Waals surface area contributed by atoms with Crippen LogP contribution in [0.25, 0.3) is 10.2 Å². The number of hydrogen-bond acceptors (Lipinski definition) is 5. The van der Waals surface area contributed by atoms with Crippen LogP contribution < -0.4 is 16.0 Å². The molecule has 0 saturated heterocycles. The molecule has 1 aromatic carbocycles. The van der Waals surface area contributed by atoms with Crippen LogP contribution in [0.15, 0.2) is 46.0 Å². The van der Waals surface area contributed by atoms with Gasteiger partial charge >= 0.3 is 11.8 Å². The van der Waals surface area contributed by atoms with Gasteiger partial charge in [-0.2, -0.15) is 8.78 Å². The zero-order valence-electron chi connectivity index (χ0n) is 16.2. The van der Waals surface area contributed by atoms with Crippen LogP contribution in [0.4, 0.5) is 13.6 Å². The van der Waals surface area contributed by atoms with Gasteiger partial charge in [0.1, 0.15) is 4.83 Å². The molecule has 0 fully saturated rings. The van der Waals surface area contributed by atoms with Crippen LogP contribution in [0.3, 0.4) is 0 Å². The number of fused-ring (bicyclic) bond motifs is 1. The summed E-state index contributed by atoms with van der Waals surface area (Å²) in [6.45, 7) is 1.40. The minimum atomic E-state index is -1.88. The highest BCUT2D eigenvalue weighted by Crippen LogP contribution is 2.35. The fourth-order valence-electron chi connectivity index (χ4n) is 3.18. The minimum absolute atomic E-state index is 0.00899. The van der Waals surface area contributed by atoms with Crippen LogP contribution in [0.1, 0.15) is 17.5 Å². The predicted molar refractivity (Wildman–Crippen MR) is 114 cm³/mol. The predicted octanol–water partition coefficient (Wildman–Crippen LogP) is 4.66. The molecule has 11 heteroatoms. The molecule has 31 heavy (non-hydrogen) atoms. The highest BCUT2D eigenvalue weighted by atomic mass is 35.5. The lowest BCUT2D eigenvalue weighted by Gasteiger charge is -2.12. The number of rotatable bonds is 7. The number of ether oxygens (including phenoxy) is 1. The SMILES string of the molecule is Cc1c(OC(=O)O)sc2c1c(=O)n(CCc1ccccc1Cl)c(=O)n2CCC=C(F)F. The number of carboxylic acid groups (broad SMARTS) is 1. The molecule has 2 aromatic heterocycles. The molecule has 0 unspecified atom stereocenters. The summed E-state index contributed by atoms with van der Waals surface area (Å²) in [6.07, 6.45) is -2.63. The molecule has 0 aliphatic carbocycles. The molecule has 0 amide bonds. The normalized spacial score (nSPS) is 11.0. The molecule has 2 heterocycles. The van der Waals surface area contributed by atoms with Gasteiger partial charge in [0.25, 0.3) is 11.6 Å². The zero-order chi connectivity index (χ0) is 22.7. The molecule has 0 aliphatic rings. The molecular weight excluding hydrogens is 454 g/mol. The van der Waals surface area contributed by atoms with Gasteiger partial charge < -0.3 is 9.84 Å². The third-order valence-electron chi connectivity index (χ3n) is 4.64. The summed E-state index contributed by atoms with van der Waals surface area (Å²) in [6, 6.07) is 7.00. The van der Waals surface area contributed by atoms with Gasteiger partial charge in [0.05, 0.1) is 5.39 Å². The van der Waals surface area contributed by atoms with E-state index in [-0.39, 0.29) is 40.4 Å². The van der Waals surface area contributed by atoms with Gasteiger partial charge in [-0.05, 0) is 37.5 Å². The molecule has 0 spiro atoms. The lowest BCUT2D eigenvalue weighted by atomic mass is 10.1. The molecule has 3 rings (SSSR count). The first kappa shape index (κ1) is 22.7. The average molecular weight is 471 g/mol. The molecular formula is C20H17ClF2N2O5S. The van der Waals surface area contributed by atoms with Gasteiger partial charge in [0.15, 0.2) is 5.06 Å². The molecule has 7 nitrogen and oxygen atoms in total. The van der Waals surface area contributed by atoms with Crippen molar-refractivity contribution in [3.63, 3.8) is 0 Å². The van der Waals surface area contributed by atoms with E-state index in [4.69, 9.17) is 21.4 Å². The lowest BCUT2D eigenvalue weighted by Crippen LogP contribution is -2.40. The first-order chi connectivity index (χ1) is 14.7. The number of aryl methyl sites for hydroxylation is 3. The quantitative estimate of drug-likeness (QED) is 0.507. The summed E-state index contributed by atoms with van der Waals surface area (Å²) in [5.41, 5.74) is -0.286. The van der Waals surface area contributed by atoms with Gasteiger partial charge in [-0.25, -0.2) is 9.59 Å². The summed E-state index contributed by atoms with van der Waals surface area (Å²) in [4.78, 5) is 37.3. The largest absolute Gasteiger partial charge is 0.512 e. The highest BCUT2D eigenvalue weighted by molar-refractivity contribution is 7.20. The van der Waals surface area contributed by atoms with Crippen molar-refractivity contribution in [1.82, 2.24) is 9.13 Å². The second kappa shape index (κ2) is 9.44. The summed E-state index contributed by atoms with van der Waals surface area (Å²) < 4.78 is 31.9. The molecule has 0 bridgehead atoms. The van der Waals surface area contributed by atoms with Gasteiger partial charge in [-0.3, -0.25) is 13.9 Å². The van der Waals surface area contributed by atoms with Crippen LogP contribution in [0, 0.1) is 6.92 Å². The molecule has 164 valence electrons. The number of allylic oxidation sites excluding steroid dienone is 1. The average Bonchev–Trinajstić information content (AvgIpc) is 3.01. The summed E-state index contributed by atoms with van der Waals surface area (Å²) in [5.74, 6) is 0. The third-order valence-corrected chi connectivity index (χ3v) is 6.21. The fraction of sp³-hybridized carbons (Fsp3) is 0.250. The maximum absolute atomic E-state index is 13.1. The van der Waals surface area contributed by atoms with E-state index in [0.717, 1.165) is 21.5 Å². The van der Waals surface area contributed by atoms with E-state index in [0.29, 0.717) is 17.5 Å². The van der Waals surface area contributed by atoms with Crippen LogP contribution in [0.5, 0.6) is 5.06 Å². The monoisotopic (exact) mass is 470 g/mol. The Morgan fingerprint density at radius 2 is 1.94 bits per heavy atom. The van der Waals surface area contributed by atoms with Crippen molar-refractivity contribution in [2.75, 3.05) is 0 Å². The maximum Gasteiger partial charge on any atom is 0.512 e.